The van der Waals surface area contributed by atoms with Crippen molar-refractivity contribution in [1.29, 1.82) is 0 Å². The Kier molecular flexibility index (Phi) is 5.77. The summed E-state index contributed by atoms with van der Waals surface area (Å²) in [5, 5.41) is 0. The monoisotopic (exact) mass is 178 g/mol. The second-order valence-corrected chi connectivity index (χ2v) is 3.05. The first-order chi connectivity index (χ1) is 6.11. The maximum Gasteiger partial charge on any atom is 0.124 e. The van der Waals surface area contributed by atoms with Gasteiger partial charge in [-0.05, 0) is 25.3 Å². The van der Waals surface area contributed by atoms with Crippen LogP contribution in [0.2, 0.25) is 0 Å². The van der Waals surface area contributed by atoms with Crippen molar-refractivity contribution in [1.82, 2.24) is 0 Å². The SMILES string of the molecule is C=C\C(=C/N=C(C)\N=C\C)C(C)C. The van der Waals surface area contributed by atoms with Crippen LogP contribution < -0.4 is 0 Å². The molecule has 0 heterocycles. The standard InChI is InChI=1S/C11H18N2/c1-6-11(9(3)4)8-13-10(5)12-7-2/h6-9H,1H2,2-5H3/b11-8+,12-7+,13-10-. The molecule has 0 fully saturated rings. The van der Waals surface area contributed by atoms with Crippen LogP contribution in [0.5, 0.6) is 0 Å². The lowest BCUT2D eigenvalue weighted by Crippen LogP contribution is -1.90. The second kappa shape index (κ2) is 6.35. The van der Waals surface area contributed by atoms with Gasteiger partial charge in [-0.2, -0.15) is 0 Å². The molecule has 0 radical (unpaired) electrons. The fourth-order valence-corrected chi connectivity index (χ4v) is 0.826. The summed E-state index contributed by atoms with van der Waals surface area (Å²) in [4.78, 5) is 8.23. The van der Waals surface area contributed by atoms with Crippen molar-refractivity contribution < 1.29 is 0 Å². The van der Waals surface area contributed by atoms with Gasteiger partial charge in [0.25, 0.3) is 0 Å². The molecular weight excluding hydrogens is 160 g/mol. The molecule has 0 rings (SSSR count). The van der Waals surface area contributed by atoms with Gasteiger partial charge in [-0.3, -0.25) is 0 Å². The minimum atomic E-state index is 0.458. The Hall–Kier alpha value is -1.18. The highest BCUT2D eigenvalue weighted by Crippen LogP contribution is 2.09. The molecule has 2 nitrogen and oxygen atoms in total. The fourth-order valence-electron chi connectivity index (χ4n) is 0.826. The van der Waals surface area contributed by atoms with E-state index >= 15 is 0 Å². The molecule has 2 heteroatoms. The quantitative estimate of drug-likeness (QED) is 0.360. The van der Waals surface area contributed by atoms with Gasteiger partial charge in [-0.25, -0.2) is 9.98 Å². The third-order valence-corrected chi connectivity index (χ3v) is 1.62. The van der Waals surface area contributed by atoms with Gasteiger partial charge in [0.2, 0.25) is 0 Å². The molecule has 0 saturated carbocycles. The molecule has 0 N–H and O–H groups in total. The van der Waals surface area contributed by atoms with Crippen LogP contribution in [0.1, 0.15) is 27.7 Å². The molecule has 0 unspecified atom stereocenters. The molecule has 0 saturated heterocycles. The van der Waals surface area contributed by atoms with Crippen LogP contribution in [0.15, 0.2) is 34.4 Å². The number of hydrogen-bond acceptors (Lipinski definition) is 1. The van der Waals surface area contributed by atoms with Crippen LogP contribution in [0, 0.1) is 5.92 Å². The van der Waals surface area contributed by atoms with E-state index in [0.29, 0.717) is 5.92 Å². The van der Waals surface area contributed by atoms with E-state index in [0.717, 1.165) is 11.4 Å². The fraction of sp³-hybridized carbons (Fsp3) is 0.455. The molecule has 0 aromatic rings. The number of allylic oxidation sites excluding steroid dienone is 2. The number of amidine groups is 1. The van der Waals surface area contributed by atoms with E-state index < -0.39 is 0 Å². The average molecular weight is 178 g/mol. The summed E-state index contributed by atoms with van der Waals surface area (Å²) in [5.74, 6) is 1.22. The summed E-state index contributed by atoms with van der Waals surface area (Å²) >= 11 is 0. The Morgan fingerprint density at radius 2 is 2.00 bits per heavy atom. The van der Waals surface area contributed by atoms with Crippen molar-refractivity contribution in [3.63, 3.8) is 0 Å². The first-order valence-corrected chi connectivity index (χ1v) is 4.47. The van der Waals surface area contributed by atoms with E-state index in [1.165, 1.54) is 0 Å². The molecule has 0 spiro atoms. The van der Waals surface area contributed by atoms with Gasteiger partial charge in [-0.15, -0.1) is 0 Å². The molecule has 0 bridgehead atoms. The maximum atomic E-state index is 4.19. The molecule has 0 atom stereocenters. The lowest BCUT2D eigenvalue weighted by atomic mass is 10.1. The van der Waals surface area contributed by atoms with Crippen molar-refractivity contribution in [3.05, 3.63) is 24.4 Å². The molecule has 0 aliphatic carbocycles. The Labute approximate surface area is 80.8 Å². The number of rotatable bonds is 3. The third-order valence-electron chi connectivity index (χ3n) is 1.62. The zero-order chi connectivity index (χ0) is 10.3. The van der Waals surface area contributed by atoms with Crippen LogP contribution in [0.25, 0.3) is 0 Å². The molecule has 0 aliphatic heterocycles. The number of nitrogens with zero attached hydrogens (tertiary/aromatic N) is 2. The molecule has 0 amide bonds. The van der Waals surface area contributed by atoms with Gasteiger partial charge in [0.05, 0.1) is 0 Å². The Morgan fingerprint density at radius 1 is 1.38 bits per heavy atom. The van der Waals surface area contributed by atoms with Crippen LogP contribution in [-0.4, -0.2) is 12.1 Å². The van der Waals surface area contributed by atoms with E-state index in [4.69, 9.17) is 0 Å². The lowest BCUT2D eigenvalue weighted by Gasteiger charge is -2.02. The van der Waals surface area contributed by atoms with E-state index in [-0.39, 0.29) is 0 Å². The average Bonchev–Trinajstić information content (AvgIpc) is 2.05. The molecule has 0 aliphatic rings. The normalized spacial score (nSPS) is 14.2. The van der Waals surface area contributed by atoms with Gasteiger partial charge >= 0.3 is 0 Å². The molecule has 0 aromatic carbocycles. The Bertz CT molecular complexity index is 245. The van der Waals surface area contributed by atoms with Gasteiger partial charge in [0.1, 0.15) is 5.84 Å². The molecule has 13 heavy (non-hydrogen) atoms. The van der Waals surface area contributed by atoms with Crippen LogP contribution >= 0.6 is 0 Å². The predicted molar refractivity (Wildman–Crippen MR) is 60.4 cm³/mol. The Morgan fingerprint density at radius 3 is 2.38 bits per heavy atom. The van der Waals surface area contributed by atoms with Crippen molar-refractivity contribution >= 4 is 12.1 Å². The summed E-state index contributed by atoms with van der Waals surface area (Å²) in [6.07, 6.45) is 5.38. The van der Waals surface area contributed by atoms with E-state index in [2.05, 4.69) is 30.4 Å². The van der Waals surface area contributed by atoms with Crippen LogP contribution in [0.3, 0.4) is 0 Å². The van der Waals surface area contributed by atoms with Crippen molar-refractivity contribution in [2.24, 2.45) is 15.9 Å². The van der Waals surface area contributed by atoms with Gasteiger partial charge in [-0.1, -0.05) is 26.5 Å². The van der Waals surface area contributed by atoms with Crippen LogP contribution in [-0.2, 0) is 0 Å². The highest BCUT2D eigenvalue weighted by atomic mass is 14.9. The topological polar surface area (TPSA) is 24.7 Å². The number of aliphatic imine (C=N–C) groups is 2. The van der Waals surface area contributed by atoms with E-state index in [1.54, 1.807) is 6.21 Å². The summed E-state index contributed by atoms with van der Waals surface area (Å²) in [6.45, 7) is 11.7. The summed E-state index contributed by atoms with van der Waals surface area (Å²) in [6, 6.07) is 0. The summed E-state index contributed by atoms with van der Waals surface area (Å²) < 4.78 is 0. The van der Waals surface area contributed by atoms with Gasteiger partial charge in [0, 0.05) is 12.4 Å². The number of hydrogen-bond donors (Lipinski definition) is 0. The first-order valence-electron chi connectivity index (χ1n) is 4.47. The zero-order valence-corrected chi connectivity index (χ0v) is 8.91. The smallest absolute Gasteiger partial charge is 0.124 e. The van der Waals surface area contributed by atoms with Crippen molar-refractivity contribution in [2.75, 3.05) is 0 Å². The van der Waals surface area contributed by atoms with Crippen molar-refractivity contribution in [2.45, 2.75) is 27.7 Å². The highest BCUT2D eigenvalue weighted by Gasteiger charge is 1.96. The second-order valence-electron chi connectivity index (χ2n) is 3.05. The molecular formula is C11H18N2. The van der Waals surface area contributed by atoms with E-state index in [9.17, 15) is 0 Å². The minimum absolute atomic E-state index is 0.458. The molecule has 0 aromatic heterocycles. The van der Waals surface area contributed by atoms with Gasteiger partial charge in [0.15, 0.2) is 0 Å². The van der Waals surface area contributed by atoms with E-state index in [1.807, 2.05) is 26.1 Å². The lowest BCUT2D eigenvalue weighted by molar-refractivity contribution is 0.789. The minimum Gasteiger partial charge on any atom is -0.246 e. The first kappa shape index (κ1) is 11.8. The van der Waals surface area contributed by atoms with Crippen LogP contribution in [0.4, 0.5) is 0 Å². The summed E-state index contributed by atoms with van der Waals surface area (Å²) in [7, 11) is 0. The predicted octanol–water partition coefficient (Wildman–Crippen LogP) is 3.22. The maximum absolute atomic E-state index is 4.19. The largest absolute Gasteiger partial charge is 0.246 e. The van der Waals surface area contributed by atoms with Gasteiger partial charge < -0.3 is 0 Å². The zero-order valence-electron chi connectivity index (χ0n) is 8.91. The molecule has 72 valence electrons. The van der Waals surface area contributed by atoms with Crippen molar-refractivity contribution in [3.8, 4) is 0 Å². The highest BCUT2D eigenvalue weighted by molar-refractivity contribution is 5.87. The Balaban J connectivity index is 4.53. The summed E-state index contributed by atoms with van der Waals surface area (Å²) in [5.41, 5.74) is 1.13. The third kappa shape index (κ3) is 5.12.